The van der Waals surface area contributed by atoms with Crippen LogP contribution in [0.2, 0.25) is 0 Å². The minimum Gasteiger partial charge on any atom is -0.340 e. The summed E-state index contributed by atoms with van der Waals surface area (Å²) in [6.45, 7) is 4.00. The van der Waals surface area contributed by atoms with E-state index >= 15 is 0 Å². The van der Waals surface area contributed by atoms with E-state index < -0.39 is 5.54 Å². The molecular formula is C18H23NOS. The summed E-state index contributed by atoms with van der Waals surface area (Å²) in [4.78, 5) is 11.9. The summed E-state index contributed by atoms with van der Waals surface area (Å²) in [5, 5.41) is 5.00. The van der Waals surface area contributed by atoms with Crippen molar-refractivity contribution in [2.24, 2.45) is 0 Å². The van der Waals surface area contributed by atoms with Crippen molar-refractivity contribution in [1.82, 2.24) is 5.32 Å². The van der Waals surface area contributed by atoms with Crippen LogP contribution in [0.1, 0.15) is 38.7 Å². The fourth-order valence-corrected chi connectivity index (χ4v) is 2.60. The topological polar surface area (TPSA) is 29.1 Å². The van der Waals surface area contributed by atoms with E-state index in [0.29, 0.717) is 6.42 Å². The molecule has 0 saturated carbocycles. The lowest BCUT2D eigenvalue weighted by Gasteiger charge is -2.26. The van der Waals surface area contributed by atoms with Crippen LogP contribution in [0.25, 0.3) is 6.08 Å². The van der Waals surface area contributed by atoms with E-state index in [4.69, 9.17) is 6.42 Å². The first-order valence-electron chi connectivity index (χ1n) is 7.27. The summed E-state index contributed by atoms with van der Waals surface area (Å²) in [6.07, 6.45) is 9.58. The molecule has 2 nitrogen and oxygen atoms in total. The second-order valence-electron chi connectivity index (χ2n) is 4.82. The molecule has 0 fully saturated rings. The van der Waals surface area contributed by atoms with Crippen molar-refractivity contribution >= 4 is 23.7 Å². The van der Waals surface area contributed by atoms with Gasteiger partial charge in [-0.1, -0.05) is 50.1 Å². The van der Waals surface area contributed by atoms with Gasteiger partial charge in [-0.05, 0) is 29.9 Å². The smallest absolute Gasteiger partial charge is 0.222 e. The van der Waals surface area contributed by atoms with Crippen molar-refractivity contribution in [2.45, 2.75) is 38.6 Å². The number of nitrogens with one attached hydrogen (secondary N) is 1. The first-order chi connectivity index (χ1) is 10.2. The zero-order valence-corrected chi connectivity index (χ0v) is 13.6. The average molecular weight is 301 g/mol. The number of terminal acetylenes is 1. The molecule has 0 heterocycles. The predicted octanol–water partition coefficient (Wildman–Crippen LogP) is 4.09. The molecule has 1 rings (SSSR count). The number of benzene rings is 1. The molecule has 0 unspecified atom stereocenters. The molecule has 1 aromatic carbocycles. The van der Waals surface area contributed by atoms with Crippen molar-refractivity contribution in [1.29, 1.82) is 0 Å². The van der Waals surface area contributed by atoms with E-state index in [0.717, 1.165) is 24.2 Å². The molecule has 112 valence electrons. The van der Waals surface area contributed by atoms with Gasteiger partial charge < -0.3 is 5.32 Å². The number of carbonyl (C=O) groups is 1. The Bertz CT molecular complexity index is 498. The second-order valence-corrected chi connectivity index (χ2v) is 5.83. The summed E-state index contributed by atoms with van der Waals surface area (Å²) in [7, 11) is 0. The molecule has 0 aliphatic carbocycles. The Morgan fingerprint density at radius 1 is 1.33 bits per heavy atom. The van der Waals surface area contributed by atoms with Gasteiger partial charge in [-0.3, -0.25) is 4.79 Å². The van der Waals surface area contributed by atoms with Crippen LogP contribution in [-0.2, 0) is 4.79 Å². The third kappa shape index (κ3) is 6.10. The molecule has 3 heteroatoms. The van der Waals surface area contributed by atoms with E-state index in [1.807, 2.05) is 55.7 Å². The minimum atomic E-state index is -0.484. The molecule has 1 N–H and O–H groups in total. The zero-order chi connectivity index (χ0) is 15.6. The van der Waals surface area contributed by atoms with Gasteiger partial charge in [0.1, 0.15) is 5.54 Å². The Hall–Kier alpha value is -1.66. The maximum Gasteiger partial charge on any atom is 0.222 e. The van der Waals surface area contributed by atoms with Gasteiger partial charge in [0.15, 0.2) is 0 Å². The molecule has 21 heavy (non-hydrogen) atoms. The van der Waals surface area contributed by atoms with E-state index in [-0.39, 0.29) is 5.91 Å². The summed E-state index contributed by atoms with van der Waals surface area (Å²) in [5.74, 6) is 3.49. The van der Waals surface area contributed by atoms with Crippen LogP contribution in [0.15, 0.2) is 35.7 Å². The molecular weight excluding hydrogens is 278 g/mol. The number of hydrogen-bond donors (Lipinski definition) is 1. The highest BCUT2D eigenvalue weighted by Crippen LogP contribution is 2.15. The largest absolute Gasteiger partial charge is 0.340 e. The number of amides is 1. The van der Waals surface area contributed by atoms with Gasteiger partial charge in [0.05, 0.1) is 0 Å². The highest BCUT2D eigenvalue weighted by atomic mass is 32.2. The Morgan fingerprint density at radius 3 is 2.57 bits per heavy atom. The predicted molar refractivity (Wildman–Crippen MR) is 92.8 cm³/mol. The van der Waals surface area contributed by atoms with Crippen molar-refractivity contribution in [2.75, 3.05) is 5.75 Å². The molecule has 0 atom stereocenters. The van der Waals surface area contributed by atoms with Gasteiger partial charge in [0.2, 0.25) is 5.91 Å². The maximum atomic E-state index is 11.9. The molecule has 0 aliphatic rings. The second kappa shape index (κ2) is 9.31. The summed E-state index contributed by atoms with van der Waals surface area (Å²) in [6, 6.07) is 10.1. The Morgan fingerprint density at radius 2 is 2.00 bits per heavy atom. The summed E-state index contributed by atoms with van der Waals surface area (Å²) < 4.78 is 0. The van der Waals surface area contributed by atoms with Crippen LogP contribution in [0.3, 0.4) is 0 Å². The molecule has 0 saturated heterocycles. The van der Waals surface area contributed by atoms with Crippen molar-refractivity contribution in [3.8, 4) is 12.3 Å². The minimum absolute atomic E-state index is 0.0252. The van der Waals surface area contributed by atoms with Crippen LogP contribution in [0, 0.1) is 12.3 Å². The van der Waals surface area contributed by atoms with E-state index in [2.05, 4.69) is 11.2 Å². The first-order valence-corrected chi connectivity index (χ1v) is 8.32. The van der Waals surface area contributed by atoms with Gasteiger partial charge in [-0.25, -0.2) is 0 Å². The van der Waals surface area contributed by atoms with Crippen LogP contribution < -0.4 is 5.32 Å². The number of thioether (sulfide) groups is 1. The molecule has 0 aromatic heterocycles. The number of hydrogen-bond acceptors (Lipinski definition) is 2. The Balaban J connectivity index is 2.31. The van der Waals surface area contributed by atoms with Crippen molar-refractivity contribution < 1.29 is 4.79 Å². The quantitative estimate of drug-likeness (QED) is 0.579. The van der Waals surface area contributed by atoms with Gasteiger partial charge in [-0.15, -0.1) is 18.2 Å². The zero-order valence-electron chi connectivity index (χ0n) is 12.8. The van der Waals surface area contributed by atoms with Crippen LogP contribution in [0.4, 0.5) is 0 Å². The van der Waals surface area contributed by atoms with E-state index in [1.54, 1.807) is 11.8 Å². The Kier molecular flexibility index (Phi) is 7.71. The molecule has 1 amide bonds. The third-order valence-electron chi connectivity index (χ3n) is 3.47. The average Bonchev–Trinajstić information content (AvgIpc) is 2.53. The lowest BCUT2D eigenvalue weighted by atomic mass is 9.94. The standard InChI is InChI=1S/C18H23NOS/c1-4-18(5-2,6-3)19-17(20)13-15-21-14-12-16-10-8-7-9-11-16/h1,7-12,14H,5-6,13,15H2,2-3H3,(H,19,20)/b14-12+. The highest BCUT2D eigenvalue weighted by molar-refractivity contribution is 8.02. The highest BCUT2D eigenvalue weighted by Gasteiger charge is 2.24. The monoisotopic (exact) mass is 301 g/mol. The first kappa shape index (κ1) is 17.4. The van der Waals surface area contributed by atoms with Gasteiger partial charge >= 0.3 is 0 Å². The van der Waals surface area contributed by atoms with Crippen molar-refractivity contribution in [3.63, 3.8) is 0 Å². The lowest BCUT2D eigenvalue weighted by Crippen LogP contribution is -2.46. The molecule has 0 aliphatic heterocycles. The normalized spacial score (nSPS) is 11.3. The number of rotatable bonds is 8. The van der Waals surface area contributed by atoms with Gasteiger partial charge in [0, 0.05) is 12.2 Å². The fourth-order valence-electron chi connectivity index (χ4n) is 1.91. The van der Waals surface area contributed by atoms with E-state index in [9.17, 15) is 4.79 Å². The fraction of sp³-hybridized carbons (Fsp3) is 0.389. The van der Waals surface area contributed by atoms with Crippen LogP contribution in [0.5, 0.6) is 0 Å². The van der Waals surface area contributed by atoms with Crippen molar-refractivity contribution in [3.05, 3.63) is 41.3 Å². The number of carbonyl (C=O) groups excluding carboxylic acids is 1. The van der Waals surface area contributed by atoms with Crippen LogP contribution >= 0.6 is 11.8 Å². The molecule has 0 spiro atoms. The van der Waals surface area contributed by atoms with Crippen LogP contribution in [-0.4, -0.2) is 17.2 Å². The lowest BCUT2D eigenvalue weighted by molar-refractivity contribution is -0.122. The Labute approximate surface area is 132 Å². The van der Waals surface area contributed by atoms with E-state index in [1.165, 1.54) is 0 Å². The summed E-state index contributed by atoms with van der Waals surface area (Å²) in [5.41, 5.74) is 0.680. The van der Waals surface area contributed by atoms with Gasteiger partial charge in [-0.2, -0.15) is 0 Å². The van der Waals surface area contributed by atoms with Gasteiger partial charge in [0.25, 0.3) is 0 Å². The molecule has 0 bridgehead atoms. The maximum absolute atomic E-state index is 11.9. The molecule has 0 radical (unpaired) electrons. The molecule has 1 aromatic rings. The third-order valence-corrected chi connectivity index (χ3v) is 4.23. The SMILES string of the molecule is C#CC(CC)(CC)NC(=O)CCS/C=C/c1ccccc1. The summed E-state index contributed by atoms with van der Waals surface area (Å²) >= 11 is 1.63.